The number of carboxylic acids is 2. The van der Waals surface area contributed by atoms with E-state index in [1.54, 1.807) is 48.3 Å². The van der Waals surface area contributed by atoms with Gasteiger partial charge in [-0.05, 0) is 79.9 Å². The van der Waals surface area contributed by atoms with Crippen LogP contribution in [0.15, 0.2) is 121 Å². The first kappa shape index (κ1) is 41.7. The summed E-state index contributed by atoms with van der Waals surface area (Å²) in [5.74, 6) is -8.32. The Morgan fingerprint density at radius 1 is 0.869 bits per heavy atom. The van der Waals surface area contributed by atoms with E-state index in [1.165, 1.54) is 91.0 Å². The maximum atomic E-state index is 14.7. The zero-order chi connectivity index (χ0) is 43.5. The lowest BCUT2D eigenvalue weighted by atomic mass is 9.83. The van der Waals surface area contributed by atoms with E-state index in [0.717, 1.165) is 16.7 Å². The summed E-state index contributed by atoms with van der Waals surface area (Å²) in [6.45, 7) is 1.85. The highest BCUT2D eigenvalue weighted by Gasteiger charge is 2.66. The van der Waals surface area contributed by atoms with Crippen molar-refractivity contribution in [2.24, 2.45) is 5.10 Å². The SMILES string of the molecule is COc1nc(C=CC2=NN3CCC[C@@H](c4ccccc4C(F)(F)F)C3N2[C@@](OC(=O)c2ccccc2)(C(=O)O)[C@H](OC(=O)c2ccccc2)C(=O)O)ccc1-n1cnc(C)c1. The predicted molar refractivity (Wildman–Crippen MR) is 210 cm³/mol. The van der Waals surface area contributed by atoms with Gasteiger partial charge in [-0.15, -0.1) is 0 Å². The number of aryl methyl sites for hydroxylation is 1. The lowest BCUT2D eigenvalue weighted by Crippen LogP contribution is -2.71. The average molecular weight is 839 g/mol. The van der Waals surface area contributed by atoms with Crippen molar-refractivity contribution in [1.82, 2.24) is 24.4 Å². The average Bonchev–Trinajstić information content (AvgIpc) is 3.87. The van der Waals surface area contributed by atoms with Crippen LogP contribution in [-0.2, 0) is 25.2 Å². The minimum Gasteiger partial charge on any atom is -0.479 e. The highest BCUT2D eigenvalue weighted by Crippen LogP contribution is 2.47. The Morgan fingerprint density at radius 3 is 2.13 bits per heavy atom. The molecule has 2 N–H and O–H groups in total. The number of pyridine rings is 1. The molecule has 0 radical (unpaired) electrons. The summed E-state index contributed by atoms with van der Waals surface area (Å²) >= 11 is 0. The molecule has 1 fully saturated rings. The molecule has 18 heteroatoms. The number of rotatable bonds is 13. The Balaban J connectivity index is 1.44. The molecule has 61 heavy (non-hydrogen) atoms. The van der Waals surface area contributed by atoms with Gasteiger partial charge in [0.25, 0.3) is 6.10 Å². The van der Waals surface area contributed by atoms with Crippen LogP contribution in [0.25, 0.3) is 11.8 Å². The van der Waals surface area contributed by atoms with Gasteiger partial charge >= 0.3 is 35.8 Å². The Labute approximate surface area is 345 Å². The van der Waals surface area contributed by atoms with Crippen LogP contribution in [0, 0.1) is 6.92 Å². The summed E-state index contributed by atoms with van der Waals surface area (Å²) in [7, 11) is 1.40. The van der Waals surface area contributed by atoms with Crippen LogP contribution in [-0.4, -0.2) is 96.0 Å². The van der Waals surface area contributed by atoms with E-state index in [2.05, 4.69) is 15.1 Å². The van der Waals surface area contributed by atoms with Gasteiger partial charge in [-0.1, -0.05) is 54.6 Å². The van der Waals surface area contributed by atoms with Crippen LogP contribution >= 0.6 is 0 Å². The Hall–Kier alpha value is -7.50. The summed E-state index contributed by atoms with van der Waals surface area (Å²) < 4.78 is 62.7. The smallest absolute Gasteiger partial charge is 0.416 e. The van der Waals surface area contributed by atoms with Crippen LogP contribution < -0.4 is 4.74 Å². The van der Waals surface area contributed by atoms with Gasteiger partial charge in [0.1, 0.15) is 11.9 Å². The van der Waals surface area contributed by atoms with Crippen LogP contribution in [0.3, 0.4) is 0 Å². The summed E-state index contributed by atoms with van der Waals surface area (Å²) in [6.07, 6.45) is -3.06. The number of carbonyl (C=O) groups is 4. The molecule has 314 valence electrons. The highest BCUT2D eigenvalue weighted by atomic mass is 19.4. The number of carbonyl (C=O) groups excluding carboxylic acids is 2. The Kier molecular flexibility index (Phi) is 11.6. The van der Waals surface area contributed by atoms with E-state index in [0.29, 0.717) is 5.69 Å². The first-order valence-corrected chi connectivity index (χ1v) is 18.8. The van der Waals surface area contributed by atoms with E-state index in [9.17, 15) is 42.6 Å². The summed E-state index contributed by atoms with van der Waals surface area (Å²) in [5.41, 5.74) is -3.75. The van der Waals surface area contributed by atoms with Crippen molar-refractivity contribution < 1.29 is 56.8 Å². The van der Waals surface area contributed by atoms with Gasteiger partial charge < -0.3 is 29.0 Å². The molecule has 2 aromatic heterocycles. The summed E-state index contributed by atoms with van der Waals surface area (Å²) in [5, 5.41) is 28.3. The molecular weight excluding hydrogens is 801 g/mol. The lowest BCUT2D eigenvalue weighted by Gasteiger charge is -2.48. The number of hydrogen-bond acceptors (Lipinski definition) is 12. The van der Waals surface area contributed by atoms with Crippen molar-refractivity contribution in [3.05, 3.63) is 149 Å². The minimum atomic E-state index is -4.86. The molecule has 1 saturated heterocycles. The van der Waals surface area contributed by atoms with Gasteiger partial charge in [0.05, 0.1) is 41.5 Å². The third-order valence-corrected chi connectivity index (χ3v) is 10.2. The predicted octanol–water partition coefficient (Wildman–Crippen LogP) is 6.40. The normalized spacial score (nSPS) is 17.8. The number of aromatic nitrogens is 3. The van der Waals surface area contributed by atoms with E-state index in [1.807, 2.05) is 0 Å². The van der Waals surface area contributed by atoms with Crippen molar-refractivity contribution in [3.63, 3.8) is 0 Å². The topological polar surface area (TPSA) is 186 Å². The van der Waals surface area contributed by atoms with Crippen LogP contribution in [0.4, 0.5) is 13.2 Å². The molecule has 4 heterocycles. The molecule has 0 aliphatic carbocycles. The zero-order valence-electron chi connectivity index (χ0n) is 32.5. The minimum absolute atomic E-state index is 0.0229. The summed E-state index contributed by atoms with van der Waals surface area (Å²) in [4.78, 5) is 65.0. The number of aliphatic carboxylic acids is 2. The largest absolute Gasteiger partial charge is 0.479 e. The second-order valence-corrected chi connectivity index (χ2v) is 14.0. The number of fused-ring (bicyclic) bond motifs is 1. The van der Waals surface area contributed by atoms with Gasteiger partial charge in [-0.25, -0.2) is 29.1 Å². The highest BCUT2D eigenvalue weighted by molar-refractivity contribution is 6.04. The van der Waals surface area contributed by atoms with Gasteiger partial charge in [0, 0.05) is 18.7 Å². The third-order valence-electron chi connectivity index (χ3n) is 10.2. The number of ether oxygens (including phenoxy) is 3. The number of benzene rings is 3. The number of hydrogen-bond donors (Lipinski definition) is 2. The molecule has 0 spiro atoms. The second-order valence-electron chi connectivity index (χ2n) is 14.0. The molecule has 3 aromatic carbocycles. The number of imidazole rings is 1. The first-order chi connectivity index (χ1) is 29.2. The molecule has 15 nitrogen and oxygen atoms in total. The number of esters is 2. The number of carboxylic acid groups (broad SMARTS) is 2. The molecule has 0 amide bonds. The zero-order valence-corrected chi connectivity index (χ0v) is 32.5. The number of piperidine rings is 1. The van der Waals surface area contributed by atoms with Gasteiger partial charge in [0.15, 0.2) is 5.84 Å². The Morgan fingerprint density at radius 2 is 1.52 bits per heavy atom. The van der Waals surface area contributed by atoms with Crippen molar-refractivity contribution in [2.75, 3.05) is 13.7 Å². The number of nitrogens with zero attached hydrogens (tertiary/aromatic N) is 6. The van der Waals surface area contributed by atoms with E-state index in [4.69, 9.17) is 14.2 Å². The fourth-order valence-electron chi connectivity index (χ4n) is 7.48. The van der Waals surface area contributed by atoms with E-state index < -0.39 is 59.5 Å². The second kappa shape index (κ2) is 17.0. The monoisotopic (exact) mass is 838 g/mol. The first-order valence-electron chi connectivity index (χ1n) is 18.8. The fourth-order valence-corrected chi connectivity index (χ4v) is 7.48. The standard InChI is InChI=1S/C43H37F3N6O9/c1-26-24-50(25-47-26)33-21-19-29(48-36(33)59-2)20-22-34-49-51-23-11-17-31(30-16-9-10-18-32(30)43(44,45)46)37(51)52(34)42(41(57)58,61-40(56)28-14-7-4-8-15-28)35(38(53)54)60-39(55)27-12-5-3-6-13-27/h3-10,12-16,18-22,24-25,31,35,37H,11,17,23H2,1-2H3,(H,53,54)(H,57,58)/t31-,35+,37?,42-/m0/s1. The molecule has 2 aliphatic heterocycles. The lowest BCUT2D eigenvalue weighted by molar-refractivity contribution is -0.215. The quantitative estimate of drug-likeness (QED) is 0.124. The van der Waals surface area contributed by atoms with Crippen LogP contribution in [0.1, 0.15) is 62.0 Å². The van der Waals surface area contributed by atoms with Gasteiger partial charge in [-0.3, -0.25) is 9.91 Å². The number of amidine groups is 1. The molecule has 7 rings (SSSR count). The summed E-state index contributed by atoms with van der Waals surface area (Å²) in [6, 6.07) is 22.0. The number of hydrazone groups is 1. The van der Waals surface area contributed by atoms with Crippen LogP contribution in [0.2, 0.25) is 0 Å². The van der Waals surface area contributed by atoms with Crippen molar-refractivity contribution in [1.29, 1.82) is 0 Å². The van der Waals surface area contributed by atoms with E-state index in [-0.39, 0.29) is 53.5 Å². The molecule has 4 atom stereocenters. The number of methoxy groups -OCH3 is 1. The molecule has 2 aliphatic rings. The number of alkyl halides is 3. The van der Waals surface area contributed by atoms with Gasteiger partial charge in [-0.2, -0.15) is 18.3 Å². The molecular formula is C43H37F3N6O9. The van der Waals surface area contributed by atoms with Crippen molar-refractivity contribution in [3.8, 4) is 11.6 Å². The van der Waals surface area contributed by atoms with Crippen LogP contribution in [0.5, 0.6) is 5.88 Å². The third kappa shape index (κ3) is 8.24. The fraction of sp³-hybridized carbons (Fsp3) is 0.233. The van der Waals surface area contributed by atoms with Crippen molar-refractivity contribution in [2.45, 2.75) is 49.9 Å². The molecule has 1 unspecified atom stereocenters. The van der Waals surface area contributed by atoms with Gasteiger partial charge in [0.2, 0.25) is 5.88 Å². The Bertz CT molecular complexity index is 2510. The molecule has 0 saturated carbocycles. The molecule has 5 aromatic rings. The van der Waals surface area contributed by atoms with E-state index >= 15 is 0 Å². The maximum Gasteiger partial charge on any atom is 0.416 e. The maximum absolute atomic E-state index is 14.7. The van der Waals surface area contributed by atoms with Crippen molar-refractivity contribution >= 4 is 35.8 Å². The number of halogens is 3. The molecule has 0 bridgehead atoms.